The number of aromatic nitrogens is 2. The van der Waals surface area contributed by atoms with Crippen LogP contribution < -0.4 is 10.5 Å². The summed E-state index contributed by atoms with van der Waals surface area (Å²) in [5, 5.41) is 13.1. The third kappa shape index (κ3) is 2.97. The number of nitrogens with zero attached hydrogens (tertiary/aromatic N) is 3. The molecular weight excluding hydrogens is 290 g/mol. The molecule has 1 aliphatic rings. The second-order valence-corrected chi connectivity index (χ2v) is 6.14. The van der Waals surface area contributed by atoms with Gasteiger partial charge in [-0.05, 0) is 25.0 Å². The molecule has 1 N–H and O–H groups in total. The Hall–Kier alpha value is -2.15. The van der Waals surface area contributed by atoms with Crippen LogP contribution >= 0.6 is 11.3 Å². The van der Waals surface area contributed by atoms with Crippen molar-refractivity contribution in [2.24, 2.45) is 0 Å². The van der Waals surface area contributed by atoms with E-state index in [0.717, 1.165) is 47.8 Å². The first-order chi connectivity index (χ1) is 10.1. The minimum Gasteiger partial charge on any atom is -0.477 e. The monoisotopic (exact) mass is 305 g/mol. The van der Waals surface area contributed by atoms with Gasteiger partial charge in [-0.2, -0.15) is 5.10 Å². The molecule has 0 bridgehead atoms. The molecule has 3 heterocycles. The van der Waals surface area contributed by atoms with Gasteiger partial charge >= 0.3 is 5.97 Å². The predicted molar refractivity (Wildman–Crippen MR) is 80.3 cm³/mol. The molecule has 0 radical (unpaired) electrons. The molecular formula is C14H15N3O3S. The Morgan fingerprint density at radius 3 is 2.71 bits per heavy atom. The van der Waals surface area contributed by atoms with Crippen LogP contribution in [0.25, 0.3) is 0 Å². The van der Waals surface area contributed by atoms with E-state index in [4.69, 9.17) is 5.11 Å². The molecule has 0 saturated carbocycles. The van der Waals surface area contributed by atoms with Crippen LogP contribution in [-0.2, 0) is 6.54 Å². The zero-order chi connectivity index (χ0) is 14.8. The van der Waals surface area contributed by atoms with Crippen molar-refractivity contribution in [3.05, 3.63) is 44.5 Å². The molecule has 1 aliphatic heterocycles. The van der Waals surface area contributed by atoms with Crippen molar-refractivity contribution in [2.75, 3.05) is 18.0 Å². The fourth-order valence-electron chi connectivity index (χ4n) is 2.42. The number of carboxylic acids is 1. The summed E-state index contributed by atoms with van der Waals surface area (Å²) < 4.78 is 1.36. The number of anilines is 1. The quantitative estimate of drug-likeness (QED) is 0.929. The molecule has 1 saturated heterocycles. The van der Waals surface area contributed by atoms with Gasteiger partial charge in [0.05, 0.1) is 18.4 Å². The molecule has 21 heavy (non-hydrogen) atoms. The van der Waals surface area contributed by atoms with Crippen molar-refractivity contribution < 1.29 is 9.90 Å². The van der Waals surface area contributed by atoms with E-state index < -0.39 is 5.97 Å². The number of carboxylic acid groups (broad SMARTS) is 1. The molecule has 0 unspecified atom stereocenters. The second-order valence-electron chi connectivity index (χ2n) is 4.97. The summed E-state index contributed by atoms with van der Waals surface area (Å²) in [6.07, 6.45) is 4.00. The smallest absolute Gasteiger partial charge is 0.345 e. The average Bonchev–Trinajstić information content (AvgIpc) is 3.12. The van der Waals surface area contributed by atoms with Gasteiger partial charge < -0.3 is 10.0 Å². The molecule has 0 aliphatic carbocycles. The van der Waals surface area contributed by atoms with Gasteiger partial charge in [-0.1, -0.05) is 0 Å². The zero-order valence-corrected chi connectivity index (χ0v) is 12.2. The Kier molecular flexibility index (Phi) is 3.74. The van der Waals surface area contributed by atoms with Crippen LogP contribution in [0.3, 0.4) is 0 Å². The fourth-order valence-corrected chi connectivity index (χ4v) is 3.25. The van der Waals surface area contributed by atoms with Crippen molar-refractivity contribution in [1.82, 2.24) is 9.78 Å². The summed E-state index contributed by atoms with van der Waals surface area (Å²) >= 11 is 1.16. The molecule has 110 valence electrons. The van der Waals surface area contributed by atoms with E-state index in [9.17, 15) is 9.59 Å². The lowest BCUT2D eigenvalue weighted by atomic mass is 10.4. The lowest BCUT2D eigenvalue weighted by Crippen LogP contribution is -2.26. The van der Waals surface area contributed by atoms with Crippen molar-refractivity contribution in [1.29, 1.82) is 0 Å². The van der Waals surface area contributed by atoms with Gasteiger partial charge in [-0.15, -0.1) is 11.3 Å². The first-order valence-electron chi connectivity index (χ1n) is 6.77. The van der Waals surface area contributed by atoms with Crippen LogP contribution in [0.2, 0.25) is 0 Å². The fraction of sp³-hybridized carbons (Fsp3) is 0.357. The highest BCUT2D eigenvalue weighted by Crippen LogP contribution is 2.18. The molecule has 0 amide bonds. The van der Waals surface area contributed by atoms with Crippen molar-refractivity contribution in [3.8, 4) is 0 Å². The van der Waals surface area contributed by atoms with Crippen LogP contribution in [0.5, 0.6) is 0 Å². The number of carbonyl (C=O) groups is 1. The van der Waals surface area contributed by atoms with Crippen LogP contribution in [0.15, 0.2) is 29.2 Å². The Labute approximate surface area is 125 Å². The van der Waals surface area contributed by atoms with E-state index >= 15 is 0 Å². The van der Waals surface area contributed by atoms with Crippen LogP contribution in [0.4, 0.5) is 5.69 Å². The topological polar surface area (TPSA) is 75.4 Å². The van der Waals surface area contributed by atoms with E-state index in [1.54, 1.807) is 24.4 Å². The number of hydrogen-bond acceptors (Lipinski definition) is 5. The molecule has 0 spiro atoms. The highest BCUT2D eigenvalue weighted by molar-refractivity contribution is 7.13. The Morgan fingerprint density at radius 2 is 2.10 bits per heavy atom. The summed E-state index contributed by atoms with van der Waals surface area (Å²) in [6.45, 7) is 2.24. The van der Waals surface area contributed by atoms with Crippen LogP contribution in [-0.4, -0.2) is 33.9 Å². The van der Waals surface area contributed by atoms with Gasteiger partial charge in [-0.3, -0.25) is 4.79 Å². The van der Waals surface area contributed by atoms with Gasteiger partial charge in [0.1, 0.15) is 4.88 Å². The van der Waals surface area contributed by atoms with Gasteiger partial charge in [-0.25, -0.2) is 9.48 Å². The SMILES string of the molecule is O=C(O)c1ccc(Cn2ncc(N3CCCC3)cc2=O)s1. The summed E-state index contributed by atoms with van der Waals surface area (Å²) in [5.41, 5.74) is 0.704. The van der Waals surface area contributed by atoms with Gasteiger partial charge in [0, 0.05) is 24.0 Å². The van der Waals surface area contributed by atoms with Gasteiger partial charge in [0.25, 0.3) is 5.56 Å². The normalized spacial score (nSPS) is 14.6. The molecule has 2 aromatic rings. The molecule has 2 aromatic heterocycles. The largest absolute Gasteiger partial charge is 0.477 e. The maximum Gasteiger partial charge on any atom is 0.345 e. The van der Waals surface area contributed by atoms with E-state index in [-0.39, 0.29) is 10.4 Å². The maximum absolute atomic E-state index is 12.1. The average molecular weight is 305 g/mol. The van der Waals surface area contributed by atoms with E-state index in [2.05, 4.69) is 10.00 Å². The number of aromatic carboxylic acids is 1. The summed E-state index contributed by atoms with van der Waals surface area (Å²) in [6, 6.07) is 4.87. The summed E-state index contributed by atoms with van der Waals surface area (Å²) in [4.78, 5) is 26.2. The maximum atomic E-state index is 12.1. The number of hydrogen-bond donors (Lipinski definition) is 1. The minimum absolute atomic E-state index is 0.162. The minimum atomic E-state index is -0.948. The highest BCUT2D eigenvalue weighted by Gasteiger charge is 2.14. The molecule has 6 nitrogen and oxygen atoms in total. The Bertz CT molecular complexity index is 716. The van der Waals surface area contributed by atoms with Gasteiger partial charge in [0.2, 0.25) is 0 Å². The third-order valence-electron chi connectivity index (χ3n) is 3.50. The zero-order valence-electron chi connectivity index (χ0n) is 11.4. The van der Waals surface area contributed by atoms with Crippen molar-refractivity contribution in [3.63, 3.8) is 0 Å². The van der Waals surface area contributed by atoms with E-state index in [0.29, 0.717) is 6.54 Å². The van der Waals surface area contributed by atoms with Gasteiger partial charge in [0.15, 0.2) is 0 Å². The van der Waals surface area contributed by atoms with Crippen molar-refractivity contribution in [2.45, 2.75) is 19.4 Å². The Balaban J connectivity index is 1.79. The lowest BCUT2D eigenvalue weighted by Gasteiger charge is -2.16. The molecule has 1 fully saturated rings. The van der Waals surface area contributed by atoms with Crippen molar-refractivity contribution >= 4 is 23.0 Å². The lowest BCUT2D eigenvalue weighted by molar-refractivity contribution is 0.0702. The molecule has 7 heteroatoms. The second kappa shape index (κ2) is 5.69. The molecule has 3 rings (SSSR count). The highest BCUT2D eigenvalue weighted by atomic mass is 32.1. The number of thiophene rings is 1. The molecule has 0 aromatic carbocycles. The third-order valence-corrected chi connectivity index (χ3v) is 4.56. The summed E-state index contributed by atoms with van der Waals surface area (Å²) in [5.74, 6) is -0.948. The molecule has 0 atom stereocenters. The Morgan fingerprint density at radius 1 is 1.33 bits per heavy atom. The van der Waals surface area contributed by atoms with Crippen LogP contribution in [0.1, 0.15) is 27.4 Å². The first kappa shape index (κ1) is 13.8. The summed E-state index contributed by atoms with van der Waals surface area (Å²) in [7, 11) is 0. The van der Waals surface area contributed by atoms with Crippen LogP contribution in [0, 0.1) is 0 Å². The standard InChI is InChI=1S/C14H15N3O3S/c18-13-7-10(16-5-1-2-6-16)8-15-17(13)9-11-3-4-12(21-11)14(19)20/h3-4,7-8H,1-2,5-6,9H2,(H,19,20). The predicted octanol–water partition coefficient (Wildman–Crippen LogP) is 1.65. The first-order valence-corrected chi connectivity index (χ1v) is 7.59. The van der Waals surface area contributed by atoms with E-state index in [1.807, 2.05) is 0 Å². The number of rotatable bonds is 4. The van der Waals surface area contributed by atoms with E-state index in [1.165, 1.54) is 4.68 Å².